The average molecular weight is 351 g/mol. The Labute approximate surface area is 144 Å². The number of amides is 1. The first-order valence-corrected chi connectivity index (χ1v) is 8.14. The molecule has 0 saturated carbocycles. The number of aryl methyl sites for hydroxylation is 1. The van der Waals surface area contributed by atoms with E-state index in [1.807, 2.05) is 24.3 Å². The minimum absolute atomic E-state index is 0.0393. The van der Waals surface area contributed by atoms with Crippen molar-refractivity contribution < 1.29 is 14.1 Å². The monoisotopic (exact) mass is 350 g/mol. The fraction of sp³-hybridized carbons (Fsp3) is 0.438. The smallest absolute Gasteiger partial charge is 0.252 e. The molecule has 1 aliphatic rings. The van der Waals surface area contributed by atoms with Crippen LogP contribution >= 0.6 is 11.6 Å². The van der Waals surface area contributed by atoms with E-state index in [9.17, 15) is 4.79 Å². The SMILES string of the molecule is Cc1noc(COCC(=O)N2CCNCC2c2ccccc2Cl)n1. The Kier molecular flexibility index (Phi) is 5.44. The Morgan fingerprint density at radius 3 is 3.08 bits per heavy atom. The number of benzene rings is 1. The minimum atomic E-state index is -0.103. The normalized spacial score (nSPS) is 17.9. The molecule has 1 aliphatic heterocycles. The highest BCUT2D eigenvalue weighted by Gasteiger charge is 2.29. The lowest BCUT2D eigenvalue weighted by Gasteiger charge is -2.36. The van der Waals surface area contributed by atoms with Crippen LogP contribution in [0.15, 0.2) is 28.8 Å². The summed E-state index contributed by atoms with van der Waals surface area (Å²) in [5.74, 6) is 0.821. The van der Waals surface area contributed by atoms with E-state index in [0.29, 0.717) is 29.8 Å². The first-order valence-electron chi connectivity index (χ1n) is 7.76. The van der Waals surface area contributed by atoms with E-state index in [0.717, 1.165) is 12.1 Å². The fourth-order valence-corrected chi connectivity index (χ4v) is 2.99. The second-order valence-corrected chi connectivity index (χ2v) is 5.96. The predicted octanol–water partition coefficient (Wildman–Crippen LogP) is 1.72. The second-order valence-electron chi connectivity index (χ2n) is 5.56. The van der Waals surface area contributed by atoms with Crippen molar-refractivity contribution in [2.75, 3.05) is 26.2 Å². The molecule has 2 heterocycles. The molecule has 1 aromatic carbocycles. The summed E-state index contributed by atoms with van der Waals surface area (Å²) < 4.78 is 10.4. The number of piperazine rings is 1. The summed E-state index contributed by atoms with van der Waals surface area (Å²) in [7, 11) is 0. The van der Waals surface area contributed by atoms with Crippen molar-refractivity contribution in [3.05, 3.63) is 46.6 Å². The molecule has 0 aliphatic carbocycles. The lowest BCUT2D eigenvalue weighted by molar-refractivity contribution is -0.140. The number of hydrogen-bond donors (Lipinski definition) is 1. The predicted molar refractivity (Wildman–Crippen MR) is 87.5 cm³/mol. The van der Waals surface area contributed by atoms with Gasteiger partial charge in [0, 0.05) is 24.7 Å². The van der Waals surface area contributed by atoms with Gasteiger partial charge in [-0.2, -0.15) is 4.98 Å². The highest BCUT2D eigenvalue weighted by molar-refractivity contribution is 6.31. The van der Waals surface area contributed by atoms with Gasteiger partial charge in [0.15, 0.2) is 5.82 Å². The lowest BCUT2D eigenvalue weighted by atomic mass is 10.0. The van der Waals surface area contributed by atoms with Gasteiger partial charge in [-0.25, -0.2) is 0 Å². The number of rotatable bonds is 5. The maximum atomic E-state index is 12.6. The van der Waals surface area contributed by atoms with Crippen LogP contribution in [0.3, 0.4) is 0 Å². The highest BCUT2D eigenvalue weighted by atomic mass is 35.5. The molecule has 1 saturated heterocycles. The topological polar surface area (TPSA) is 80.5 Å². The van der Waals surface area contributed by atoms with E-state index in [1.165, 1.54) is 0 Å². The van der Waals surface area contributed by atoms with Gasteiger partial charge in [-0.1, -0.05) is 35.0 Å². The van der Waals surface area contributed by atoms with Crippen LogP contribution in [0.5, 0.6) is 0 Å². The van der Waals surface area contributed by atoms with Gasteiger partial charge in [-0.15, -0.1) is 0 Å². The van der Waals surface area contributed by atoms with Crippen molar-refractivity contribution >= 4 is 17.5 Å². The van der Waals surface area contributed by atoms with E-state index in [1.54, 1.807) is 11.8 Å². The molecule has 24 heavy (non-hydrogen) atoms. The third-order valence-corrected chi connectivity index (χ3v) is 4.19. The standard InChI is InChI=1S/C16H19ClN4O3/c1-11-19-15(24-20-11)9-23-10-16(22)21-7-6-18-8-14(21)12-4-2-3-5-13(12)17/h2-5,14,18H,6-10H2,1H3. The number of carbonyl (C=O) groups excluding carboxylic acids is 1. The van der Waals surface area contributed by atoms with Gasteiger partial charge in [-0.05, 0) is 18.6 Å². The van der Waals surface area contributed by atoms with Crippen LogP contribution < -0.4 is 5.32 Å². The first-order chi connectivity index (χ1) is 11.6. The second kappa shape index (κ2) is 7.74. The molecule has 8 heteroatoms. The summed E-state index contributed by atoms with van der Waals surface area (Å²) in [4.78, 5) is 18.4. The van der Waals surface area contributed by atoms with Crippen molar-refractivity contribution in [2.45, 2.75) is 19.6 Å². The van der Waals surface area contributed by atoms with E-state index in [4.69, 9.17) is 20.9 Å². The van der Waals surface area contributed by atoms with Gasteiger partial charge in [0.25, 0.3) is 5.89 Å². The zero-order valence-corrected chi connectivity index (χ0v) is 14.1. The van der Waals surface area contributed by atoms with Gasteiger partial charge >= 0.3 is 0 Å². The summed E-state index contributed by atoms with van der Waals surface area (Å²) in [6, 6.07) is 7.48. The zero-order chi connectivity index (χ0) is 16.9. The first kappa shape index (κ1) is 16.9. The molecule has 3 rings (SSSR count). The molecule has 1 unspecified atom stereocenters. The maximum Gasteiger partial charge on any atom is 0.252 e. The Balaban J connectivity index is 1.62. The Hall–Kier alpha value is -1.96. The van der Waals surface area contributed by atoms with Crippen molar-refractivity contribution in [1.29, 1.82) is 0 Å². The third kappa shape index (κ3) is 3.92. The van der Waals surface area contributed by atoms with Gasteiger partial charge in [0.2, 0.25) is 5.91 Å². The number of nitrogens with zero attached hydrogens (tertiary/aromatic N) is 3. The molecule has 128 valence electrons. The van der Waals surface area contributed by atoms with Crippen LogP contribution in [0.25, 0.3) is 0 Å². The fourth-order valence-electron chi connectivity index (χ4n) is 2.73. The molecule has 1 amide bonds. The van der Waals surface area contributed by atoms with Crippen LogP contribution in [0.2, 0.25) is 5.02 Å². The molecule has 1 atom stereocenters. The zero-order valence-electron chi connectivity index (χ0n) is 13.4. The van der Waals surface area contributed by atoms with Crippen molar-refractivity contribution in [3.8, 4) is 0 Å². The summed E-state index contributed by atoms with van der Waals surface area (Å²) >= 11 is 6.29. The van der Waals surface area contributed by atoms with E-state index in [-0.39, 0.29) is 25.2 Å². The Morgan fingerprint density at radius 1 is 1.50 bits per heavy atom. The molecule has 2 aromatic rings. The van der Waals surface area contributed by atoms with Crippen molar-refractivity contribution in [1.82, 2.24) is 20.4 Å². The molecule has 0 bridgehead atoms. The van der Waals surface area contributed by atoms with Crippen molar-refractivity contribution in [3.63, 3.8) is 0 Å². The van der Waals surface area contributed by atoms with Gasteiger partial charge < -0.3 is 19.5 Å². The molecule has 1 aromatic heterocycles. The van der Waals surface area contributed by atoms with E-state index < -0.39 is 0 Å². The summed E-state index contributed by atoms with van der Waals surface area (Å²) in [6.45, 7) is 3.83. The summed E-state index contributed by atoms with van der Waals surface area (Å²) in [5.41, 5.74) is 0.937. The summed E-state index contributed by atoms with van der Waals surface area (Å²) in [6.07, 6.45) is 0. The third-order valence-electron chi connectivity index (χ3n) is 3.85. The highest BCUT2D eigenvalue weighted by Crippen LogP contribution is 2.28. The van der Waals surface area contributed by atoms with Crippen LogP contribution in [-0.2, 0) is 16.1 Å². The average Bonchev–Trinajstić information content (AvgIpc) is 3.00. The lowest BCUT2D eigenvalue weighted by Crippen LogP contribution is -2.49. The maximum absolute atomic E-state index is 12.6. The Bertz CT molecular complexity index is 706. The number of nitrogens with one attached hydrogen (secondary N) is 1. The van der Waals surface area contributed by atoms with Crippen molar-refractivity contribution in [2.24, 2.45) is 0 Å². The molecular weight excluding hydrogens is 332 g/mol. The number of carbonyl (C=O) groups is 1. The number of aromatic nitrogens is 2. The minimum Gasteiger partial charge on any atom is -0.362 e. The van der Waals surface area contributed by atoms with Crippen LogP contribution in [0, 0.1) is 6.92 Å². The molecular formula is C16H19ClN4O3. The molecule has 7 nitrogen and oxygen atoms in total. The molecule has 1 fully saturated rings. The van der Waals surface area contributed by atoms with E-state index >= 15 is 0 Å². The number of halogens is 1. The summed E-state index contributed by atoms with van der Waals surface area (Å²) in [5, 5.41) is 7.64. The van der Waals surface area contributed by atoms with Crippen LogP contribution in [0.4, 0.5) is 0 Å². The number of hydrogen-bond acceptors (Lipinski definition) is 6. The molecule has 0 radical (unpaired) electrons. The quantitative estimate of drug-likeness (QED) is 0.884. The largest absolute Gasteiger partial charge is 0.362 e. The number of ether oxygens (including phenoxy) is 1. The molecule has 1 N–H and O–H groups in total. The molecule has 0 spiro atoms. The van der Waals surface area contributed by atoms with Gasteiger partial charge in [0.05, 0.1) is 6.04 Å². The Morgan fingerprint density at radius 2 is 2.33 bits per heavy atom. The van der Waals surface area contributed by atoms with Crippen LogP contribution in [0.1, 0.15) is 23.3 Å². The van der Waals surface area contributed by atoms with Crippen LogP contribution in [-0.4, -0.2) is 47.2 Å². The van der Waals surface area contributed by atoms with Gasteiger partial charge in [0.1, 0.15) is 13.2 Å². The van der Waals surface area contributed by atoms with Gasteiger partial charge in [-0.3, -0.25) is 4.79 Å². The van der Waals surface area contributed by atoms with E-state index in [2.05, 4.69) is 15.5 Å².